The largest absolute Gasteiger partial charge is 0.497 e. The van der Waals surface area contributed by atoms with Crippen LogP contribution in [-0.2, 0) is 24.4 Å². The smallest absolute Gasteiger partial charge is 0.274 e. The van der Waals surface area contributed by atoms with Crippen LogP contribution in [0.5, 0.6) is 10.9 Å². The number of allylic oxidation sites excluding steroid dienone is 1. The number of sulfonamides is 1. The molecular formula is C33H41N5O7S2. The number of rotatable bonds is 9. The average molecular weight is 684 g/mol. The second-order valence-electron chi connectivity index (χ2n) is 12.7. The van der Waals surface area contributed by atoms with Crippen molar-refractivity contribution in [2.45, 2.75) is 86.8 Å². The molecule has 2 aromatic rings. The minimum atomic E-state index is -3.83. The van der Waals surface area contributed by atoms with E-state index in [0.717, 1.165) is 25.7 Å². The van der Waals surface area contributed by atoms with E-state index in [9.17, 15) is 22.8 Å². The number of benzene rings is 1. The van der Waals surface area contributed by atoms with Gasteiger partial charge in [-0.15, -0.1) is 0 Å². The molecule has 0 bridgehead atoms. The SMILES string of the molecule is C=Cc1csc(O[C@@H]2C[C@H]3C(=O)N[C@]4(C(=O)NS(=O)(=O)C5CC5)C[C@H]4/C=C\CCCCC[C@H](Nc4cccc(OC)c4)C(=O)N3C2)n1. The van der Waals surface area contributed by atoms with Gasteiger partial charge in [0.2, 0.25) is 21.8 Å². The van der Waals surface area contributed by atoms with Crippen molar-refractivity contribution in [3.05, 3.63) is 54.1 Å². The Kier molecular flexibility index (Phi) is 9.60. The summed E-state index contributed by atoms with van der Waals surface area (Å²) >= 11 is 1.30. The summed E-state index contributed by atoms with van der Waals surface area (Å²) in [6.07, 6.45) is 10.3. The number of carbonyl (C=O) groups excluding carboxylic acids is 3. The molecule has 0 spiro atoms. The van der Waals surface area contributed by atoms with Crippen molar-refractivity contribution in [1.82, 2.24) is 19.9 Å². The van der Waals surface area contributed by atoms with Crippen molar-refractivity contribution in [2.24, 2.45) is 5.92 Å². The highest BCUT2D eigenvalue weighted by Gasteiger charge is 2.62. The third-order valence-electron chi connectivity index (χ3n) is 9.23. The third kappa shape index (κ3) is 7.48. The number of fused-ring (bicyclic) bond motifs is 2. The highest BCUT2D eigenvalue weighted by atomic mass is 32.2. The summed E-state index contributed by atoms with van der Waals surface area (Å²) < 4.78 is 39.2. The number of anilines is 1. The zero-order valence-electron chi connectivity index (χ0n) is 26.4. The Bertz CT molecular complexity index is 1660. The molecule has 6 rings (SSSR count). The van der Waals surface area contributed by atoms with Crippen LogP contribution >= 0.6 is 11.3 Å². The van der Waals surface area contributed by atoms with Crippen LogP contribution in [0.3, 0.4) is 0 Å². The maximum Gasteiger partial charge on any atom is 0.274 e. The van der Waals surface area contributed by atoms with Crippen molar-refractivity contribution in [2.75, 3.05) is 19.0 Å². The van der Waals surface area contributed by atoms with E-state index in [1.165, 1.54) is 16.2 Å². The molecule has 2 aliphatic carbocycles. The molecule has 4 aliphatic rings. The van der Waals surface area contributed by atoms with Crippen LogP contribution < -0.4 is 24.8 Å². The average Bonchev–Trinajstić information content (AvgIpc) is 3.94. The van der Waals surface area contributed by atoms with E-state index in [4.69, 9.17) is 9.47 Å². The first kappa shape index (κ1) is 33.0. The molecule has 1 saturated heterocycles. The van der Waals surface area contributed by atoms with E-state index in [0.29, 0.717) is 41.6 Å². The number of hydrogen-bond donors (Lipinski definition) is 3. The van der Waals surface area contributed by atoms with Crippen LogP contribution in [0.25, 0.3) is 6.08 Å². The number of carbonyl (C=O) groups is 3. The van der Waals surface area contributed by atoms with Crippen LogP contribution in [0, 0.1) is 5.92 Å². The van der Waals surface area contributed by atoms with E-state index in [2.05, 4.69) is 26.9 Å². The molecule has 1 aromatic carbocycles. The number of thiazole rings is 1. The Labute approximate surface area is 279 Å². The summed E-state index contributed by atoms with van der Waals surface area (Å²) in [4.78, 5) is 48.0. The van der Waals surface area contributed by atoms with Crippen molar-refractivity contribution in [1.29, 1.82) is 0 Å². The maximum absolute atomic E-state index is 14.4. The van der Waals surface area contributed by atoms with Gasteiger partial charge in [0.25, 0.3) is 11.1 Å². The topological polar surface area (TPSA) is 156 Å². The molecule has 252 valence electrons. The predicted molar refractivity (Wildman–Crippen MR) is 178 cm³/mol. The fourth-order valence-corrected chi connectivity index (χ4v) is 8.40. The molecule has 1 aromatic heterocycles. The molecule has 3 amide bonds. The van der Waals surface area contributed by atoms with Crippen LogP contribution in [0.4, 0.5) is 5.69 Å². The van der Waals surface area contributed by atoms with Crippen LogP contribution in [0.1, 0.15) is 63.5 Å². The standard InChI is InChI=1S/C33H41N5O7S2/c1-3-22-20-46-32(35-22)45-25-17-28-29(39)36-33(31(41)37-47(42,43)26-14-15-26)18-21(33)10-7-5-4-6-8-13-27(30(40)38(28)19-25)34-23-11-9-12-24(16-23)44-2/h3,7,9-12,16,20-21,25-28,34H,1,4-6,8,13-15,17-19H2,2H3,(H,36,39)(H,37,41)/b10-7-/t21-,25-,27+,28+,33-/m1/s1. The van der Waals surface area contributed by atoms with Gasteiger partial charge in [-0.2, -0.15) is 0 Å². The second-order valence-corrected chi connectivity index (χ2v) is 15.4. The van der Waals surface area contributed by atoms with Gasteiger partial charge >= 0.3 is 0 Å². The quantitative estimate of drug-likeness (QED) is 0.336. The van der Waals surface area contributed by atoms with Gasteiger partial charge in [-0.3, -0.25) is 19.1 Å². The first-order valence-electron chi connectivity index (χ1n) is 16.1. The van der Waals surface area contributed by atoms with Gasteiger partial charge < -0.3 is 25.0 Å². The fourth-order valence-electron chi connectivity index (χ4n) is 6.32. The third-order valence-corrected chi connectivity index (χ3v) is 11.8. The number of nitrogens with zero attached hydrogens (tertiary/aromatic N) is 2. The van der Waals surface area contributed by atoms with Crippen molar-refractivity contribution < 1.29 is 32.3 Å². The van der Waals surface area contributed by atoms with Crippen LogP contribution in [0.15, 0.2) is 48.4 Å². The van der Waals surface area contributed by atoms with Gasteiger partial charge in [0.15, 0.2) is 0 Å². The second kappa shape index (κ2) is 13.7. The molecule has 3 heterocycles. The number of amides is 3. The summed E-state index contributed by atoms with van der Waals surface area (Å²) in [5.74, 6) is -1.25. The summed E-state index contributed by atoms with van der Waals surface area (Å²) in [6, 6.07) is 5.74. The van der Waals surface area contributed by atoms with Crippen molar-refractivity contribution in [3.63, 3.8) is 0 Å². The van der Waals surface area contributed by atoms with Crippen molar-refractivity contribution in [3.8, 4) is 10.9 Å². The molecule has 0 unspecified atom stereocenters. The Morgan fingerprint density at radius 2 is 2.04 bits per heavy atom. The monoisotopic (exact) mass is 683 g/mol. The normalized spacial score (nSPS) is 28.8. The highest BCUT2D eigenvalue weighted by Crippen LogP contribution is 2.46. The molecule has 47 heavy (non-hydrogen) atoms. The number of hydrogen-bond acceptors (Lipinski definition) is 10. The lowest BCUT2D eigenvalue weighted by Crippen LogP contribution is -2.57. The zero-order chi connectivity index (χ0) is 33.2. The van der Waals surface area contributed by atoms with Gasteiger partial charge in [0, 0.05) is 29.5 Å². The van der Waals surface area contributed by atoms with E-state index >= 15 is 0 Å². The Morgan fingerprint density at radius 3 is 2.79 bits per heavy atom. The molecule has 12 nitrogen and oxygen atoms in total. The lowest BCUT2D eigenvalue weighted by atomic mass is 10.0. The molecule has 2 saturated carbocycles. The fraction of sp³-hybridized carbons (Fsp3) is 0.515. The van der Waals surface area contributed by atoms with Crippen molar-refractivity contribution >= 4 is 50.8 Å². The van der Waals surface area contributed by atoms with Gasteiger partial charge in [0.1, 0.15) is 29.5 Å². The molecule has 14 heteroatoms. The Hall–Kier alpha value is -3.91. The minimum Gasteiger partial charge on any atom is -0.497 e. The Morgan fingerprint density at radius 1 is 1.21 bits per heavy atom. The molecule has 3 N–H and O–H groups in total. The molecule has 2 aliphatic heterocycles. The Balaban J connectivity index is 1.29. The number of ether oxygens (including phenoxy) is 2. The van der Waals surface area contributed by atoms with Gasteiger partial charge in [-0.25, -0.2) is 13.4 Å². The predicted octanol–water partition coefficient (Wildman–Crippen LogP) is 3.63. The van der Waals surface area contributed by atoms with E-state index < -0.39 is 50.8 Å². The lowest BCUT2D eigenvalue weighted by Gasteiger charge is -2.30. The molecule has 5 atom stereocenters. The van der Waals surface area contributed by atoms with E-state index in [1.807, 2.05) is 36.4 Å². The highest BCUT2D eigenvalue weighted by molar-refractivity contribution is 7.91. The first-order valence-corrected chi connectivity index (χ1v) is 18.5. The summed E-state index contributed by atoms with van der Waals surface area (Å²) in [5.41, 5.74) is -0.0451. The van der Waals surface area contributed by atoms with E-state index in [1.54, 1.807) is 18.6 Å². The molecule has 3 fully saturated rings. The lowest BCUT2D eigenvalue weighted by molar-refractivity contribution is -0.140. The summed E-state index contributed by atoms with van der Waals surface area (Å²) in [6.45, 7) is 3.87. The summed E-state index contributed by atoms with van der Waals surface area (Å²) in [5, 5.41) is 7.91. The number of nitrogens with one attached hydrogen (secondary N) is 3. The number of methoxy groups -OCH3 is 1. The summed E-state index contributed by atoms with van der Waals surface area (Å²) in [7, 11) is -2.25. The van der Waals surface area contributed by atoms with E-state index in [-0.39, 0.29) is 31.2 Å². The maximum atomic E-state index is 14.4. The molecular weight excluding hydrogens is 643 g/mol. The van der Waals surface area contributed by atoms with Gasteiger partial charge in [-0.1, -0.05) is 49.0 Å². The van der Waals surface area contributed by atoms with Crippen LogP contribution in [0.2, 0.25) is 0 Å². The van der Waals surface area contributed by atoms with Gasteiger partial charge in [0.05, 0.1) is 24.6 Å². The first-order chi connectivity index (χ1) is 22.6. The minimum absolute atomic E-state index is 0.134. The van der Waals surface area contributed by atoms with Crippen LogP contribution in [-0.4, -0.2) is 78.7 Å². The zero-order valence-corrected chi connectivity index (χ0v) is 28.0. The van der Waals surface area contributed by atoms with Gasteiger partial charge in [-0.05, 0) is 56.7 Å². The molecule has 0 radical (unpaired) electrons. The number of aromatic nitrogens is 1.